The van der Waals surface area contributed by atoms with E-state index in [4.69, 9.17) is 4.74 Å². The first-order valence-corrected chi connectivity index (χ1v) is 6.39. The molecule has 3 rings (SSSR count). The standard InChI is InChI=1S/C16H15NO2/c1-3-19-16(18)11-7-8-14-13(9-11)12-6-4-5-10(2)15(12)17-14/h4-9,17H,3H2,1-2H3. The molecule has 0 atom stereocenters. The third-order valence-corrected chi connectivity index (χ3v) is 3.35. The number of carbonyl (C=O) groups excluding carboxylic acids is 1. The summed E-state index contributed by atoms with van der Waals surface area (Å²) in [6.45, 7) is 4.28. The molecule has 0 spiro atoms. The monoisotopic (exact) mass is 253 g/mol. The van der Waals surface area contributed by atoms with Crippen LogP contribution in [-0.4, -0.2) is 17.6 Å². The number of benzene rings is 2. The van der Waals surface area contributed by atoms with Gasteiger partial charge in [0.1, 0.15) is 0 Å². The second kappa shape index (κ2) is 4.43. The van der Waals surface area contributed by atoms with Gasteiger partial charge in [0, 0.05) is 21.8 Å². The van der Waals surface area contributed by atoms with Crippen LogP contribution in [0.1, 0.15) is 22.8 Å². The summed E-state index contributed by atoms with van der Waals surface area (Å²) in [5, 5.41) is 2.20. The van der Waals surface area contributed by atoms with Crippen LogP contribution >= 0.6 is 0 Å². The van der Waals surface area contributed by atoms with Crippen molar-refractivity contribution in [1.29, 1.82) is 0 Å². The summed E-state index contributed by atoms with van der Waals surface area (Å²) in [4.78, 5) is 15.2. The number of H-pyrrole nitrogens is 1. The molecule has 1 heterocycles. The van der Waals surface area contributed by atoms with Crippen molar-refractivity contribution in [3.63, 3.8) is 0 Å². The summed E-state index contributed by atoms with van der Waals surface area (Å²) in [5.41, 5.74) is 3.96. The first kappa shape index (κ1) is 11.8. The van der Waals surface area contributed by atoms with Crippen LogP contribution in [0.3, 0.4) is 0 Å². The van der Waals surface area contributed by atoms with Gasteiger partial charge in [-0.2, -0.15) is 0 Å². The molecule has 0 saturated carbocycles. The lowest BCUT2D eigenvalue weighted by Crippen LogP contribution is -2.03. The third kappa shape index (κ3) is 1.87. The van der Waals surface area contributed by atoms with Crippen LogP contribution < -0.4 is 0 Å². The van der Waals surface area contributed by atoms with Crippen LogP contribution in [-0.2, 0) is 4.74 Å². The highest BCUT2D eigenvalue weighted by Gasteiger charge is 2.10. The van der Waals surface area contributed by atoms with Crippen LogP contribution in [0.4, 0.5) is 0 Å². The summed E-state index contributed by atoms with van der Waals surface area (Å²) in [5.74, 6) is -0.272. The van der Waals surface area contributed by atoms with Crippen LogP contribution in [0.2, 0.25) is 0 Å². The predicted molar refractivity (Wildman–Crippen MR) is 76.5 cm³/mol. The Hall–Kier alpha value is -2.29. The fourth-order valence-electron chi connectivity index (χ4n) is 2.41. The zero-order chi connectivity index (χ0) is 13.4. The Labute approximate surface area is 111 Å². The van der Waals surface area contributed by atoms with E-state index in [0.717, 1.165) is 21.8 Å². The molecule has 19 heavy (non-hydrogen) atoms. The van der Waals surface area contributed by atoms with Crippen molar-refractivity contribution in [1.82, 2.24) is 4.98 Å². The number of ether oxygens (including phenoxy) is 1. The molecule has 96 valence electrons. The molecule has 0 aliphatic rings. The van der Waals surface area contributed by atoms with Gasteiger partial charge in [0.25, 0.3) is 0 Å². The fraction of sp³-hybridized carbons (Fsp3) is 0.188. The van der Waals surface area contributed by atoms with E-state index in [9.17, 15) is 4.79 Å². The highest BCUT2D eigenvalue weighted by atomic mass is 16.5. The number of carbonyl (C=O) groups is 1. The Bertz CT molecular complexity index is 771. The number of para-hydroxylation sites is 1. The smallest absolute Gasteiger partial charge is 0.338 e. The van der Waals surface area contributed by atoms with Gasteiger partial charge >= 0.3 is 5.97 Å². The van der Waals surface area contributed by atoms with Gasteiger partial charge in [-0.15, -0.1) is 0 Å². The van der Waals surface area contributed by atoms with Gasteiger partial charge < -0.3 is 9.72 Å². The molecular weight excluding hydrogens is 238 g/mol. The number of rotatable bonds is 2. The molecule has 0 fully saturated rings. The molecule has 0 amide bonds. The number of esters is 1. The zero-order valence-corrected chi connectivity index (χ0v) is 11.0. The third-order valence-electron chi connectivity index (χ3n) is 3.35. The first-order valence-electron chi connectivity index (χ1n) is 6.39. The quantitative estimate of drug-likeness (QED) is 0.706. The fourth-order valence-corrected chi connectivity index (χ4v) is 2.41. The van der Waals surface area contributed by atoms with Crippen molar-refractivity contribution in [2.45, 2.75) is 13.8 Å². The predicted octanol–water partition coefficient (Wildman–Crippen LogP) is 3.81. The van der Waals surface area contributed by atoms with E-state index in [2.05, 4.69) is 24.0 Å². The number of hydrogen-bond acceptors (Lipinski definition) is 2. The van der Waals surface area contributed by atoms with E-state index >= 15 is 0 Å². The minimum absolute atomic E-state index is 0.272. The number of nitrogens with one attached hydrogen (secondary N) is 1. The number of hydrogen-bond donors (Lipinski definition) is 1. The van der Waals surface area contributed by atoms with Crippen molar-refractivity contribution in [3.8, 4) is 0 Å². The van der Waals surface area contributed by atoms with Gasteiger partial charge in [-0.3, -0.25) is 0 Å². The van der Waals surface area contributed by atoms with E-state index in [1.165, 1.54) is 5.56 Å². The summed E-state index contributed by atoms with van der Waals surface area (Å²) >= 11 is 0. The second-order valence-corrected chi connectivity index (χ2v) is 4.60. The highest BCUT2D eigenvalue weighted by molar-refractivity contribution is 6.10. The minimum atomic E-state index is -0.272. The molecule has 1 aromatic heterocycles. The van der Waals surface area contributed by atoms with E-state index in [-0.39, 0.29) is 5.97 Å². The molecule has 0 radical (unpaired) electrons. The van der Waals surface area contributed by atoms with Gasteiger partial charge in [-0.25, -0.2) is 4.79 Å². The van der Waals surface area contributed by atoms with Crippen molar-refractivity contribution >= 4 is 27.8 Å². The van der Waals surface area contributed by atoms with Crippen molar-refractivity contribution in [3.05, 3.63) is 47.5 Å². The number of fused-ring (bicyclic) bond motifs is 3. The maximum Gasteiger partial charge on any atom is 0.338 e. The van der Waals surface area contributed by atoms with Gasteiger partial charge in [-0.05, 0) is 37.6 Å². The van der Waals surface area contributed by atoms with Crippen LogP contribution in [0.25, 0.3) is 21.8 Å². The second-order valence-electron chi connectivity index (χ2n) is 4.60. The molecule has 0 aliphatic heterocycles. The largest absolute Gasteiger partial charge is 0.462 e. The summed E-state index contributed by atoms with van der Waals surface area (Å²) in [6.07, 6.45) is 0. The zero-order valence-electron chi connectivity index (χ0n) is 11.0. The van der Waals surface area contributed by atoms with Crippen molar-refractivity contribution in [2.24, 2.45) is 0 Å². The van der Waals surface area contributed by atoms with Gasteiger partial charge in [0.15, 0.2) is 0 Å². The average molecular weight is 253 g/mol. The maximum atomic E-state index is 11.8. The number of aromatic nitrogens is 1. The molecule has 1 N–H and O–H groups in total. The molecular formula is C16H15NO2. The SMILES string of the molecule is CCOC(=O)c1ccc2[nH]c3c(C)cccc3c2c1. The number of aryl methyl sites for hydroxylation is 1. The van der Waals surface area contributed by atoms with Gasteiger partial charge in [0.2, 0.25) is 0 Å². The van der Waals surface area contributed by atoms with Gasteiger partial charge in [-0.1, -0.05) is 18.2 Å². The number of aromatic amines is 1. The normalized spacial score (nSPS) is 11.1. The molecule has 0 bridgehead atoms. The Morgan fingerprint density at radius 2 is 2.05 bits per heavy atom. The maximum absolute atomic E-state index is 11.8. The molecule has 0 unspecified atom stereocenters. The van der Waals surface area contributed by atoms with E-state index in [1.54, 1.807) is 6.07 Å². The lowest BCUT2D eigenvalue weighted by atomic mass is 10.1. The Kier molecular flexibility index (Phi) is 2.75. The van der Waals surface area contributed by atoms with E-state index in [1.807, 2.05) is 25.1 Å². The highest BCUT2D eigenvalue weighted by Crippen LogP contribution is 2.28. The Balaban J connectivity index is 2.24. The molecule has 3 heteroatoms. The van der Waals surface area contributed by atoms with Crippen LogP contribution in [0.5, 0.6) is 0 Å². The lowest BCUT2D eigenvalue weighted by Gasteiger charge is -2.01. The summed E-state index contributed by atoms with van der Waals surface area (Å²) in [7, 11) is 0. The first-order chi connectivity index (χ1) is 9.20. The van der Waals surface area contributed by atoms with Gasteiger partial charge in [0.05, 0.1) is 12.2 Å². The minimum Gasteiger partial charge on any atom is -0.462 e. The lowest BCUT2D eigenvalue weighted by molar-refractivity contribution is 0.0526. The Morgan fingerprint density at radius 3 is 2.84 bits per heavy atom. The molecule has 2 aromatic carbocycles. The molecule has 0 aliphatic carbocycles. The summed E-state index contributed by atoms with van der Waals surface area (Å²) in [6, 6.07) is 11.8. The average Bonchev–Trinajstić information content (AvgIpc) is 2.78. The van der Waals surface area contributed by atoms with Crippen LogP contribution in [0, 0.1) is 6.92 Å². The van der Waals surface area contributed by atoms with Crippen LogP contribution in [0.15, 0.2) is 36.4 Å². The Morgan fingerprint density at radius 1 is 1.21 bits per heavy atom. The van der Waals surface area contributed by atoms with E-state index in [0.29, 0.717) is 12.2 Å². The summed E-state index contributed by atoms with van der Waals surface area (Å²) < 4.78 is 5.04. The molecule has 0 saturated heterocycles. The van der Waals surface area contributed by atoms with Crippen molar-refractivity contribution < 1.29 is 9.53 Å². The molecule has 3 nitrogen and oxygen atoms in total. The van der Waals surface area contributed by atoms with E-state index < -0.39 is 0 Å². The van der Waals surface area contributed by atoms with Crippen molar-refractivity contribution in [2.75, 3.05) is 6.61 Å². The topological polar surface area (TPSA) is 42.1 Å². The molecule has 3 aromatic rings.